The van der Waals surface area contributed by atoms with Crippen molar-refractivity contribution >= 4 is 33.2 Å². The van der Waals surface area contributed by atoms with Crippen LogP contribution in [-0.2, 0) is 10.0 Å². The molecule has 1 aliphatic rings. The third-order valence-electron chi connectivity index (χ3n) is 4.46. The lowest BCUT2D eigenvalue weighted by Crippen LogP contribution is -2.35. The Morgan fingerprint density at radius 3 is 2.56 bits per heavy atom. The van der Waals surface area contributed by atoms with Crippen LogP contribution in [0.1, 0.15) is 29.6 Å². The minimum absolute atomic E-state index is 0.120. The number of hydrogen-bond acceptors (Lipinski definition) is 4. The maximum absolute atomic E-state index is 12.8. The van der Waals surface area contributed by atoms with Gasteiger partial charge in [-0.1, -0.05) is 24.1 Å². The second-order valence-corrected chi connectivity index (χ2v) is 8.67. The molecule has 0 aromatic heterocycles. The van der Waals surface area contributed by atoms with Gasteiger partial charge in [0.15, 0.2) is 0 Å². The monoisotopic (exact) mass is 408 g/mol. The van der Waals surface area contributed by atoms with E-state index in [1.165, 1.54) is 23.5 Å². The van der Waals surface area contributed by atoms with Crippen LogP contribution in [0.3, 0.4) is 0 Å². The number of methoxy groups -OCH3 is 1. The van der Waals surface area contributed by atoms with Gasteiger partial charge in [-0.15, -0.1) is 0 Å². The summed E-state index contributed by atoms with van der Waals surface area (Å²) >= 11 is 5.98. The number of sulfonamides is 1. The van der Waals surface area contributed by atoms with Gasteiger partial charge in [-0.3, -0.25) is 4.79 Å². The molecule has 0 saturated carbocycles. The predicted octanol–water partition coefficient (Wildman–Crippen LogP) is 3.78. The first-order valence-corrected chi connectivity index (χ1v) is 10.5. The zero-order valence-electron chi connectivity index (χ0n) is 14.9. The molecule has 3 rings (SSSR count). The standard InChI is InChI=1S/C19H21ClN2O4S/c1-26-18-9-8-15(20)13-17(18)21-19(23)14-6-5-7-16(12-14)27(24,25)22-10-3-2-4-11-22/h5-9,12-13H,2-4,10-11H2,1H3,(H,21,23). The van der Waals surface area contributed by atoms with E-state index in [-0.39, 0.29) is 10.5 Å². The zero-order valence-corrected chi connectivity index (χ0v) is 16.5. The molecule has 0 bridgehead atoms. The SMILES string of the molecule is COc1ccc(Cl)cc1NC(=O)c1cccc(S(=O)(=O)N2CCCCC2)c1. The summed E-state index contributed by atoms with van der Waals surface area (Å²) in [6.07, 6.45) is 2.75. The summed E-state index contributed by atoms with van der Waals surface area (Å²) in [5.41, 5.74) is 0.661. The molecule has 27 heavy (non-hydrogen) atoms. The molecule has 0 unspecified atom stereocenters. The maximum atomic E-state index is 12.8. The van der Waals surface area contributed by atoms with Crippen LogP contribution in [0.15, 0.2) is 47.4 Å². The summed E-state index contributed by atoms with van der Waals surface area (Å²) in [5.74, 6) is 0.0242. The van der Waals surface area contributed by atoms with Crippen LogP contribution in [0.5, 0.6) is 5.75 Å². The summed E-state index contributed by atoms with van der Waals surface area (Å²) in [5, 5.41) is 3.17. The summed E-state index contributed by atoms with van der Waals surface area (Å²) in [4.78, 5) is 12.8. The molecule has 8 heteroatoms. The van der Waals surface area contributed by atoms with E-state index in [0.29, 0.717) is 29.5 Å². The number of hydrogen-bond donors (Lipinski definition) is 1. The fourth-order valence-corrected chi connectivity index (χ4v) is 4.76. The Bertz CT molecular complexity index is 940. The van der Waals surface area contributed by atoms with Gasteiger partial charge in [-0.25, -0.2) is 8.42 Å². The van der Waals surface area contributed by atoms with Crippen molar-refractivity contribution in [1.29, 1.82) is 0 Å². The minimum atomic E-state index is -3.60. The molecule has 0 radical (unpaired) electrons. The molecule has 0 atom stereocenters. The number of piperidine rings is 1. The lowest BCUT2D eigenvalue weighted by Gasteiger charge is -2.26. The van der Waals surface area contributed by atoms with E-state index in [4.69, 9.17) is 16.3 Å². The molecule has 1 saturated heterocycles. The second kappa shape index (κ2) is 8.29. The highest BCUT2D eigenvalue weighted by Gasteiger charge is 2.26. The van der Waals surface area contributed by atoms with E-state index in [9.17, 15) is 13.2 Å². The Morgan fingerprint density at radius 2 is 1.85 bits per heavy atom. The summed E-state index contributed by atoms with van der Waals surface area (Å²) in [7, 11) is -2.11. The van der Waals surface area contributed by atoms with Gasteiger partial charge < -0.3 is 10.1 Å². The number of benzene rings is 2. The Morgan fingerprint density at radius 1 is 1.11 bits per heavy atom. The van der Waals surface area contributed by atoms with Crippen molar-refractivity contribution in [3.05, 3.63) is 53.1 Å². The highest BCUT2D eigenvalue weighted by atomic mass is 35.5. The number of ether oxygens (including phenoxy) is 1. The fraction of sp³-hybridized carbons (Fsp3) is 0.316. The Kier molecular flexibility index (Phi) is 6.04. The van der Waals surface area contributed by atoms with Gasteiger partial charge in [0.1, 0.15) is 5.75 Å². The summed E-state index contributed by atoms with van der Waals surface area (Å²) in [6, 6.07) is 10.9. The molecule has 1 aliphatic heterocycles. The first-order chi connectivity index (χ1) is 12.9. The molecule has 0 aliphatic carbocycles. The summed E-state index contributed by atoms with van der Waals surface area (Å²) < 4.78 is 32.3. The van der Waals surface area contributed by atoms with Gasteiger partial charge in [0.2, 0.25) is 10.0 Å². The van der Waals surface area contributed by atoms with Crippen LogP contribution in [0.2, 0.25) is 5.02 Å². The third-order valence-corrected chi connectivity index (χ3v) is 6.59. The number of halogens is 1. The van der Waals surface area contributed by atoms with E-state index in [2.05, 4.69) is 5.32 Å². The van der Waals surface area contributed by atoms with E-state index >= 15 is 0 Å². The first-order valence-electron chi connectivity index (χ1n) is 8.67. The van der Waals surface area contributed by atoms with Crippen LogP contribution in [0, 0.1) is 0 Å². The van der Waals surface area contributed by atoms with Gasteiger partial charge >= 0.3 is 0 Å². The van der Waals surface area contributed by atoms with Gasteiger partial charge in [0.25, 0.3) is 5.91 Å². The summed E-state index contributed by atoms with van der Waals surface area (Å²) in [6.45, 7) is 1.02. The van der Waals surface area contributed by atoms with E-state index in [1.54, 1.807) is 30.3 Å². The molecule has 6 nitrogen and oxygen atoms in total. The molecule has 1 N–H and O–H groups in total. The third kappa shape index (κ3) is 4.43. The Hall–Kier alpha value is -2.09. The fourth-order valence-electron chi connectivity index (χ4n) is 3.02. The smallest absolute Gasteiger partial charge is 0.255 e. The topological polar surface area (TPSA) is 75.7 Å². The van der Waals surface area contributed by atoms with Crippen molar-refractivity contribution in [2.45, 2.75) is 24.2 Å². The van der Waals surface area contributed by atoms with E-state index < -0.39 is 15.9 Å². The largest absolute Gasteiger partial charge is 0.495 e. The number of nitrogens with zero attached hydrogens (tertiary/aromatic N) is 1. The molecule has 2 aromatic carbocycles. The number of amides is 1. The highest BCUT2D eigenvalue weighted by Crippen LogP contribution is 2.28. The molecule has 1 fully saturated rings. The van der Waals surface area contributed by atoms with Crippen LogP contribution in [0.25, 0.3) is 0 Å². The Labute approximate surface area is 164 Å². The molecule has 144 valence electrons. The average Bonchev–Trinajstić information content (AvgIpc) is 2.69. The Balaban J connectivity index is 1.85. The molecular formula is C19H21ClN2O4S. The van der Waals surface area contributed by atoms with E-state index in [1.807, 2.05) is 0 Å². The lowest BCUT2D eigenvalue weighted by atomic mass is 10.2. The van der Waals surface area contributed by atoms with Crippen LogP contribution in [0.4, 0.5) is 5.69 Å². The molecule has 1 heterocycles. The van der Waals surface area contributed by atoms with Crippen molar-refractivity contribution in [2.24, 2.45) is 0 Å². The van der Waals surface area contributed by atoms with Gasteiger partial charge in [0.05, 0.1) is 17.7 Å². The molecule has 0 spiro atoms. The van der Waals surface area contributed by atoms with E-state index in [0.717, 1.165) is 19.3 Å². The van der Waals surface area contributed by atoms with Crippen molar-refractivity contribution < 1.29 is 17.9 Å². The number of rotatable bonds is 5. The quantitative estimate of drug-likeness (QED) is 0.816. The predicted molar refractivity (Wildman–Crippen MR) is 105 cm³/mol. The van der Waals surface area contributed by atoms with Crippen LogP contribution in [-0.4, -0.2) is 38.8 Å². The maximum Gasteiger partial charge on any atom is 0.255 e. The van der Waals surface area contributed by atoms with Gasteiger partial charge in [0, 0.05) is 23.7 Å². The van der Waals surface area contributed by atoms with Gasteiger partial charge in [-0.2, -0.15) is 4.31 Å². The number of carbonyl (C=O) groups is 1. The molecular weight excluding hydrogens is 388 g/mol. The van der Waals surface area contributed by atoms with Crippen molar-refractivity contribution in [2.75, 3.05) is 25.5 Å². The highest BCUT2D eigenvalue weighted by molar-refractivity contribution is 7.89. The lowest BCUT2D eigenvalue weighted by molar-refractivity contribution is 0.102. The van der Waals surface area contributed by atoms with Crippen molar-refractivity contribution in [3.8, 4) is 5.75 Å². The first kappa shape index (κ1) is 19.7. The van der Waals surface area contributed by atoms with Crippen LogP contribution >= 0.6 is 11.6 Å². The van der Waals surface area contributed by atoms with Crippen molar-refractivity contribution in [1.82, 2.24) is 4.31 Å². The number of nitrogens with one attached hydrogen (secondary N) is 1. The normalized spacial score (nSPS) is 15.3. The zero-order chi connectivity index (χ0) is 19.4. The van der Waals surface area contributed by atoms with Crippen molar-refractivity contribution in [3.63, 3.8) is 0 Å². The second-order valence-electron chi connectivity index (χ2n) is 6.29. The number of anilines is 1. The molecule has 2 aromatic rings. The average molecular weight is 409 g/mol. The minimum Gasteiger partial charge on any atom is -0.495 e. The number of carbonyl (C=O) groups excluding carboxylic acids is 1. The molecule has 1 amide bonds. The van der Waals surface area contributed by atoms with Crippen LogP contribution < -0.4 is 10.1 Å². The van der Waals surface area contributed by atoms with Gasteiger partial charge in [-0.05, 0) is 49.2 Å².